The van der Waals surface area contributed by atoms with Crippen LogP contribution in [0.5, 0.6) is 0 Å². The number of hydrogen-bond donors (Lipinski definition) is 0. The molecule has 1 aliphatic carbocycles. The Bertz CT molecular complexity index is 533. The quantitative estimate of drug-likeness (QED) is 0.604. The zero-order valence-electron chi connectivity index (χ0n) is 9.61. The lowest BCUT2D eigenvalue weighted by Gasteiger charge is -2.11. The molecule has 80 valence electrons. The molecule has 0 unspecified atom stereocenters. The monoisotopic (exact) mass is 224 g/mol. The second kappa shape index (κ2) is 5.04. The van der Waals surface area contributed by atoms with Crippen LogP contribution in [0.15, 0.2) is 42.5 Å². The van der Waals surface area contributed by atoms with Gasteiger partial charge in [-0.2, -0.15) is 0 Å². The summed E-state index contributed by atoms with van der Waals surface area (Å²) in [6.07, 6.45) is 5.53. The van der Waals surface area contributed by atoms with Crippen molar-refractivity contribution in [3.05, 3.63) is 53.6 Å². The van der Waals surface area contributed by atoms with Gasteiger partial charge in [0, 0.05) is 0 Å². The third-order valence-electron chi connectivity index (χ3n) is 2.66. The number of rotatable bonds is 0. The van der Waals surface area contributed by atoms with E-state index in [-0.39, 0.29) is 0 Å². The van der Waals surface area contributed by atoms with Gasteiger partial charge >= 0.3 is 0 Å². The van der Waals surface area contributed by atoms with E-state index in [9.17, 15) is 0 Å². The van der Waals surface area contributed by atoms with Crippen molar-refractivity contribution in [3.63, 3.8) is 0 Å². The molecule has 0 aromatic heterocycles. The third-order valence-corrected chi connectivity index (χ3v) is 2.66. The average molecular weight is 224 g/mol. The van der Waals surface area contributed by atoms with Crippen molar-refractivity contribution in [2.75, 3.05) is 0 Å². The molecular weight excluding hydrogens is 208 g/mol. The van der Waals surface area contributed by atoms with Crippen LogP contribution in [0.2, 0.25) is 0 Å². The van der Waals surface area contributed by atoms with E-state index >= 15 is 0 Å². The van der Waals surface area contributed by atoms with Crippen LogP contribution in [0.4, 0.5) is 0 Å². The molecule has 2 aromatic rings. The van der Waals surface area contributed by atoms with E-state index in [1.54, 1.807) is 0 Å². The molecule has 0 aliphatic heterocycles. The van der Waals surface area contributed by atoms with Gasteiger partial charge < -0.3 is 0 Å². The number of hydrogen-bond acceptors (Lipinski definition) is 0. The van der Waals surface area contributed by atoms with Crippen LogP contribution >= 0.6 is 0 Å². The SMILES string of the molecule is C1=Cc2cccc3cccc(c23)C1.CC=[SiH2]. The summed E-state index contributed by atoms with van der Waals surface area (Å²) in [5, 5.41) is 2.80. The van der Waals surface area contributed by atoms with Gasteiger partial charge in [0.25, 0.3) is 0 Å². The van der Waals surface area contributed by atoms with Crippen LogP contribution in [0.25, 0.3) is 16.8 Å². The van der Waals surface area contributed by atoms with Crippen molar-refractivity contribution in [1.82, 2.24) is 0 Å². The van der Waals surface area contributed by atoms with Gasteiger partial charge in [0.2, 0.25) is 0 Å². The molecule has 0 heterocycles. The summed E-state index contributed by atoms with van der Waals surface area (Å²) in [5.74, 6) is 0. The first-order valence-corrected chi connectivity index (χ1v) is 6.42. The molecule has 0 fully saturated rings. The van der Waals surface area contributed by atoms with Crippen LogP contribution in [0.3, 0.4) is 0 Å². The summed E-state index contributed by atoms with van der Waals surface area (Å²) in [6, 6.07) is 13.0. The lowest BCUT2D eigenvalue weighted by atomic mass is 9.93. The van der Waals surface area contributed by atoms with Crippen LogP contribution < -0.4 is 0 Å². The molecule has 2 aromatic carbocycles. The Morgan fingerprint density at radius 1 is 1.12 bits per heavy atom. The predicted octanol–water partition coefficient (Wildman–Crippen LogP) is 2.85. The first-order valence-electron chi connectivity index (χ1n) is 5.61. The van der Waals surface area contributed by atoms with Gasteiger partial charge in [0.1, 0.15) is 0 Å². The molecule has 1 heteroatoms. The average Bonchev–Trinajstić information content (AvgIpc) is 2.31. The maximum absolute atomic E-state index is 2.23. The zero-order valence-corrected chi connectivity index (χ0v) is 11.0. The van der Waals surface area contributed by atoms with E-state index < -0.39 is 0 Å². The van der Waals surface area contributed by atoms with E-state index in [4.69, 9.17) is 0 Å². The molecule has 0 saturated carbocycles. The van der Waals surface area contributed by atoms with E-state index in [1.807, 2.05) is 22.5 Å². The molecule has 0 N–H and O–H groups in total. The van der Waals surface area contributed by atoms with E-state index in [0.29, 0.717) is 0 Å². The molecule has 0 bridgehead atoms. The minimum absolute atomic E-state index is 1.08. The first-order chi connectivity index (χ1) is 7.86. The van der Waals surface area contributed by atoms with Crippen molar-refractivity contribution >= 4 is 32.4 Å². The van der Waals surface area contributed by atoms with Crippen molar-refractivity contribution in [1.29, 1.82) is 0 Å². The maximum atomic E-state index is 2.23. The van der Waals surface area contributed by atoms with Crippen molar-refractivity contribution in [2.24, 2.45) is 0 Å². The standard InChI is InChI=1S/C13H10.C2H6Si/c1-4-10-6-2-8-12-9-3-7-11(5-1)13(10)12;1-2-3/h1-8H,9H2;2H,3H2,1H3. The Kier molecular flexibility index (Phi) is 3.47. The molecule has 0 spiro atoms. The minimum atomic E-state index is 1.08. The Balaban J connectivity index is 0.000000292. The largest absolute Gasteiger partial charge is 0.113 e. The number of allylic oxidation sites excluding steroid dienone is 1. The fourth-order valence-electron chi connectivity index (χ4n) is 2.07. The predicted molar refractivity (Wildman–Crippen MR) is 77.0 cm³/mol. The van der Waals surface area contributed by atoms with Gasteiger partial charge in [-0.05, 0) is 38.2 Å². The maximum Gasteiger partial charge on any atom is -0.00763 e. The fourth-order valence-corrected chi connectivity index (χ4v) is 2.07. The highest BCUT2D eigenvalue weighted by Gasteiger charge is 2.06. The first kappa shape index (κ1) is 11.0. The highest BCUT2D eigenvalue weighted by atomic mass is 28.1. The minimum Gasteiger partial charge on any atom is -0.113 e. The van der Waals surface area contributed by atoms with E-state index in [0.717, 1.165) is 6.42 Å². The number of benzene rings is 2. The van der Waals surface area contributed by atoms with Gasteiger partial charge in [-0.15, -0.1) is 5.67 Å². The topological polar surface area (TPSA) is 0 Å². The van der Waals surface area contributed by atoms with Crippen LogP contribution in [0.1, 0.15) is 18.1 Å². The second-order valence-corrected chi connectivity index (χ2v) is 4.69. The summed E-state index contributed by atoms with van der Waals surface area (Å²) in [5.41, 5.74) is 4.84. The van der Waals surface area contributed by atoms with Crippen LogP contribution in [-0.2, 0) is 6.42 Å². The van der Waals surface area contributed by atoms with Gasteiger partial charge in [-0.25, -0.2) is 0 Å². The molecule has 16 heavy (non-hydrogen) atoms. The zero-order chi connectivity index (χ0) is 11.4. The highest BCUT2D eigenvalue weighted by molar-refractivity contribution is 6.26. The third kappa shape index (κ3) is 2.05. The highest BCUT2D eigenvalue weighted by Crippen LogP contribution is 2.27. The van der Waals surface area contributed by atoms with Gasteiger partial charge in [-0.1, -0.05) is 55.5 Å². The molecule has 0 amide bonds. The second-order valence-electron chi connectivity index (χ2n) is 3.88. The molecule has 1 aliphatic rings. The van der Waals surface area contributed by atoms with Gasteiger partial charge in [0.15, 0.2) is 0 Å². The molecule has 3 rings (SSSR count). The van der Waals surface area contributed by atoms with Crippen molar-refractivity contribution in [3.8, 4) is 0 Å². The Hall–Kier alpha value is -1.47. The lowest BCUT2D eigenvalue weighted by molar-refractivity contribution is 1.29. The van der Waals surface area contributed by atoms with Crippen molar-refractivity contribution in [2.45, 2.75) is 13.3 Å². The Morgan fingerprint density at radius 3 is 2.56 bits per heavy atom. The van der Waals surface area contributed by atoms with Crippen LogP contribution in [-0.4, -0.2) is 15.5 Å². The molecule has 0 radical (unpaired) electrons. The summed E-state index contributed by atoms with van der Waals surface area (Å²) in [6.45, 7) is 2.01. The molecule has 0 nitrogen and oxygen atoms in total. The molecule has 0 saturated heterocycles. The summed E-state index contributed by atoms with van der Waals surface area (Å²) in [4.78, 5) is 0. The summed E-state index contributed by atoms with van der Waals surface area (Å²) < 4.78 is 0. The summed E-state index contributed by atoms with van der Waals surface area (Å²) in [7, 11) is 1.85. The molecule has 0 atom stereocenters. The lowest BCUT2D eigenvalue weighted by Crippen LogP contribution is -1.91. The van der Waals surface area contributed by atoms with Gasteiger partial charge in [0.05, 0.1) is 0 Å². The van der Waals surface area contributed by atoms with E-state index in [1.165, 1.54) is 21.9 Å². The Morgan fingerprint density at radius 2 is 1.81 bits per heavy atom. The fraction of sp³-hybridized carbons (Fsp3) is 0.133. The van der Waals surface area contributed by atoms with E-state index in [2.05, 4.69) is 48.6 Å². The van der Waals surface area contributed by atoms with Crippen LogP contribution in [0, 0.1) is 0 Å². The molecular formula is C15H16Si. The smallest absolute Gasteiger partial charge is 0.00763 e. The van der Waals surface area contributed by atoms with Gasteiger partial charge in [-0.3, -0.25) is 0 Å². The summed E-state index contributed by atoms with van der Waals surface area (Å²) >= 11 is 0. The normalized spacial score (nSPS) is 11.8. The van der Waals surface area contributed by atoms with Crippen molar-refractivity contribution < 1.29 is 0 Å². The Labute approximate surface area is 99.7 Å².